The summed E-state index contributed by atoms with van der Waals surface area (Å²) in [6.07, 6.45) is 3.67. The van der Waals surface area contributed by atoms with Crippen molar-refractivity contribution in [2.24, 2.45) is 5.92 Å². The van der Waals surface area contributed by atoms with Crippen LogP contribution < -0.4 is 0 Å². The van der Waals surface area contributed by atoms with Crippen LogP contribution in [0.5, 0.6) is 0 Å². The van der Waals surface area contributed by atoms with Crippen LogP contribution in [-0.2, 0) is 0 Å². The van der Waals surface area contributed by atoms with Crippen LogP contribution in [0.3, 0.4) is 0 Å². The van der Waals surface area contributed by atoms with Crippen molar-refractivity contribution in [1.29, 1.82) is 0 Å². The number of nitrogens with zero attached hydrogens (tertiary/aromatic N) is 1. The molecule has 0 unspecified atom stereocenters. The molecule has 0 saturated carbocycles. The lowest BCUT2D eigenvalue weighted by Crippen LogP contribution is -1.68. The van der Waals surface area contributed by atoms with E-state index in [9.17, 15) is 0 Å². The normalized spacial score (nSPS) is 8.93. The summed E-state index contributed by atoms with van der Waals surface area (Å²) in [6.45, 7) is 10.5. The van der Waals surface area contributed by atoms with E-state index in [0.29, 0.717) is 0 Å². The summed E-state index contributed by atoms with van der Waals surface area (Å²) in [5.41, 5.74) is 2.12. The third-order valence-corrected chi connectivity index (χ3v) is 1.32. The summed E-state index contributed by atoms with van der Waals surface area (Å²) in [5.74, 6) is 0.833. The van der Waals surface area contributed by atoms with Crippen LogP contribution in [0.2, 0.25) is 0 Å². The molecular weight excluding hydrogens is 184 g/mol. The van der Waals surface area contributed by atoms with Crippen LogP contribution in [0.15, 0.2) is 30.6 Å². The summed E-state index contributed by atoms with van der Waals surface area (Å²) < 4.78 is 0. The largest absolute Gasteiger partial charge is 0.360 e. The van der Waals surface area contributed by atoms with Gasteiger partial charge in [-0.3, -0.25) is 4.98 Å². The zero-order chi connectivity index (χ0) is 11.7. The molecule has 0 bridgehead atoms. The van der Waals surface area contributed by atoms with E-state index in [1.165, 1.54) is 0 Å². The molecule has 2 aromatic heterocycles. The number of aromatic amines is 1. The van der Waals surface area contributed by atoms with E-state index in [0.717, 1.165) is 17.0 Å². The number of hydrogen-bond acceptors (Lipinski definition) is 1. The topological polar surface area (TPSA) is 28.7 Å². The number of pyridine rings is 1. The second-order valence-corrected chi connectivity index (χ2v) is 3.65. The van der Waals surface area contributed by atoms with Gasteiger partial charge < -0.3 is 4.98 Å². The Labute approximate surface area is 92.7 Å². The van der Waals surface area contributed by atoms with Crippen LogP contribution >= 0.6 is 0 Å². The molecule has 0 amide bonds. The lowest BCUT2D eigenvalue weighted by Gasteiger charge is -1.82. The average Bonchev–Trinajstić information content (AvgIpc) is 2.67. The molecule has 84 valence electrons. The van der Waals surface area contributed by atoms with Crippen molar-refractivity contribution in [2.45, 2.75) is 34.6 Å². The van der Waals surface area contributed by atoms with Gasteiger partial charge in [0.15, 0.2) is 0 Å². The predicted molar refractivity (Wildman–Crippen MR) is 68.0 cm³/mol. The maximum Gasteiger partial charge on any atom is 0.0878 e. The zero-order valence-electron chi connectivity index (χ0n) is 10.4. The zero-order valence-corrected chi connectivity index (χ0v) is 10.4. The van der Waals surface area contributed by atoms with Gasteiger partial charge in [0.25, 0.3) is 0 Å². The maximum atomic E-state index is 4.11. The van der Waals surface area contributed by atoms with Gasteiger partial charge in [-0.1, -0.05) is 34.6 Å². The number of rotatable bonds is 0. The van der Waals surface area contributed by atoms with Crippen molar-refractivity contribution in [3.63, 3.8) is 0 Å². The van der Waals surface area contributed by atoms with Crippen molar-refractivity contribution in [3.05, 3.63) is 30.6 Å². The van der Waals surface area contributed by atoms with Crippen molar-refractivity contribution < 1.29 is 0 Å². The predicted octanol–water partition coefficient (Wildman–Crippen LogP) is 4.25. The molecule has 15 heavy (non-hydrogen) atoms. The second-order valence-electron chi connectivity index (χ2n) is 3.65. The number of hydrogen-bond donors (Lipinski definition) is 1. The molecule has 0 saturated heterocycles. The summed E-state index contributed by atoms with van der Waals surface area (Å²) in [6, 6.07) is 5.87. The van der Waals surface area contributed by atoms with E-state index < -0.39 is 0 Å². The summed E-state index contributed by atoms with van der Waals surface area (Å²) in [7, 11) is 0. The highest BCUT2D eigenvalue weighted by Gasteiger charge is 1.88. The van der Waals surface area contributed by atoms with Gasteiger partial charge in [0.1, 0.15) is 0 Å². The molecule has 2 aromatic rings. The highest BCUT2D eigenvalue weighted by Crippen LogP contribution is 2.05. The molecule has 1 N–H and O–H groups in total. The van der Waals surface area contributed by atoms with Crippen molar-refractivity contribution in [2.75, 3.05) is 0 Å². The third kappa shape index (κ3) is 5.89. The SMILES string of the molecule is CC.CC(C)C.c1cnc2cc[nH]c2c1. The second kappa shape index (κ2) is 8.04. The van der Waals surface area contributed by atoms with E-state index in [4.69, 9.17) is 0 Å². The minimum Gasteiger partial charge on any atom is -0.360 e. The minimum atomic E-state index is 0.833. The Morgan fingerprint density at radius 2 is 1.73 bits per heavy atom. The van der Waals surface area contributed by atoms with E-state index in [1.807, 2.05) is 38.2 Å². The van der Waals surface area contributed by atoms with E-state index in [2.05, 4.69) is 30.7 Å². The van der Waals surface area contributed by atoms with Crippen molar-refractivity contribution in [3.8, 4) is 0 Å². The number of aromatic nitrogens is 2. The lowest BCUT2D eigenvalue weighted by atomic mass is 10.3. The monoisotopic (exact) mass is 206 g/mol. The Hall–Kier alpha value is -1.31. The molecule has 0 atom stereocenters. The van der Waals surface area contributed by atoms with Crippen LogP contribution in [0.1, 0.15) is 34.6 Å². The molecule has 0 aliphatic carbocycles. The van der Waals surface area contributed by atoms with Crippen LogP contribution in [0.4, 0.5) is 0 Å². The van der Waals surface area contributed by atoms with Gasteiger partial charge in [-0.05, 0) is 24.1 Å². The summed E-state index contributed by atoms with van der Waals surface area (Å²) in [5, 5.41) is 0. The van der Waals surface area contributed by atoms with Gasteiger partial charge in [-0.15, -0.1) is 0 Å². The quantitative estimate of drug-likeness (QED) is 0.685. The van der Waals surface area contributed by atoms with E-state index in [1.54, 1.807) is 6.20 Å². The summed E-state index contributed by atoms with van der Waals surface area (Å²) >= 11 is 0. The molecule has 0 fully saturated rings. The Bertz CT molecular complexity index is 317. The first-order chi connectivity index (χ1) is 7.20. The molecule has 0 aliphatic heterocycles. The number of nitrogens with one attached hydrogen (secondary N) is 1. The van der Waals surface area contributed by atoms with Gasteiger partial charge in [0, 0.05) is 12.4 Å². The smallest absolute Gasteiger partial charge is 0.0878 e. The fourth-order valence-corrected chi connectivity index (χ4v) is 0.883. The minimum absolute atomic E-state index is 0.833. The van der Waals surface area contributed by atoms with Gasteiger partial charge >= 0.3 is 0 Å². The fourth-order valence-electron chi connectivity index (χ4n) is 0.883. The van der Waals surface area contributed by atoms with E-state index in [-0.39, 0.29) is 0 Å². The molecule has 0 spiro atoms. The first kappa shape index (κ1) is 13.7. The number of fused-ring (bicyclic) bond motifs is 1. The van der Waals surface area contributed by atoms with Gasteiger partial charge in [0.05, 0.1) is 11.0 Å². The van der Waals surface area contributed by atoms with Crippen LogP contribution in [0.25, 0.3) is 11.0 Å². The summed E-state index contributed by atoms with van der Waals surface area (Å²) in [4.78, 5) is 7.17. The molecule has 0 radical (unpaired) electrons. The van der Waals surface area contributed by atoms with Gasteiger partial charge in [-0.25, -0.2) is 0 Å². The van der Waals surface area contributed by atoms with Crippen LogP contribution in [-0.4, -0.2) is 9.97 Å². The maximum absolute atomic E-state index is 4.11. The highest BCUT2D eigenvalue weighted by atomic mass is 14.7. The lowest BCUT2D eigenvalue weighted by molar-refractivity contribution is 0.737. The first-order valence-corrected chi connectivity index (χ1v) is 5.58. The Morgan fingerprint density at radius 1 is 1.13 bits per heavy atom. The van der Waals surface area contributed by atoms with Crippen LogP contribution in [0, 0.1) is 5.92 Å². The highest BCUT2D eigenvalue weighted by molar-refractivity contribution is 5.73. The Balaban J connectivity index is 0.000000282. The van der Waals surface area contributed by atoms with Crippen molar-refractivity contribution in [1.82, 2.24) is 9.97 Å². The molecule has 0 aromatic carbocycles. The fraction of sp³-hybridized carbons (Fsp3) is 0.462. The first-order valence-electron chi connectivity index (χ1n) is 5.58. The molecule has 2 nitrogen and oxygen atoms in total. The molecule has 2 rings (SSSR count). The van der Waals surface area contributed by atoms with Gasteiger partial charge in [-0.2, -0.15) is 0 Å². The van der Waals surface area contributed by atoms with Crippen molar-refractivity contribution >= 4 is 11.0 Å². The molecule has 0 aliphatic rings. The third-order valence-electron chi connectivity index (χ3n) is 1.32. The average molecular weight is 206 g/mol. The standard InChI is InChI=1S/C7H6N2.C4H10.C2H6/c1-2-6-7(8-4-1)3-5-9-6;1-4(2)3;1-2/h1-5,9H;4H,1-3H3;1-2H3. The Morgan fingerprint density at radius 3 is 2.27 bits per heavy atom. The van der Waals surface area contributed by atoms with E-state index >= 15 is 0 Å². The Kier molecular flexibility index (Phi) is 7.33. The van der Waals surface area contributed by atoms with Gasteiger partial charge in [0.2, 0.25) is 0 Å². The molecule has 2 heterocycles. The molecule has 2 heteroatoms. The number of H-pyrrole nitrogens is 1. The molecular formula is C13H22N2.